The highest BCUT2D eigenvalue weighted by molar-refractivity contribution is 5.78. The normalized spacial score (nSPS) is 30.4. The van der Waals surface area contributed by atoms with Gasteiger partial charge in [-0.15, -0.1) is 0 Å². The molecule has 5 atom stereocenters. The van der Waals surface area contributed by atoms with Crippen molar-refractivity contribution < 1.29 is 14.3 Å². The van der Waals surface area contributed by atoms with Crippen molar-refractivity contribution in [3.63, 3.8) is 0 Å². The summed E-state index contributed by atoms with van der Waals surface area (Å²) in [7, 11) is 0. The van der Waals surface area contributed by atoms with E-state index < -0.39 is 0 Å². The van der Waals surface area contributed by atoms with Crippen LogP contribution >= 0.6 is 0 Å². The van der Waals surface area contributed by atoms with Crippen LogP contribution in [-0.2, 0) is 14.3 Å². The summed E-state index contributed by atoms with van der Waals surface area (Å²) >= 11 is 0. The lowest BCUT2D eigenvalue weighted by atomic mass is 9.68. The maximum Gasteiger partial charge on any atom is 0.310 e. The number of carbonyl (C=O) groups is 1. The molecule has 3 heteroatoms. The first-order valence-electron chi connectivity index (χ1n) is 7.67. The molecule has 1 unspecified atom stereocenters. The largest absolute Gasteiger partial charge is 0.458 e. The minimum absolute atomic E-state index is 0.170. The van der Waals surface area contributed by atoms with E-state index in [0.29, 0.717) is 0 Å². The fourth-order valence-corrected chi connectivity index (χ4v) is 3.21. The molecule has 0 N–H and O–H groups in total. The Kier molecular flexibility index (Phi) is 5.16. The molecule has 0 aromatic heterocycles. The zero-order chi connectivity index (χ0) is 15.4. The van der Waals surface area contributed by atoms with Gasteiger partial charge in [0.05, 0.1) is 5.92 Å². The third-order valence-electron chi connectivity index (χ3n) is 4.66. The number of esters is 1. The van der Waals surface area contributed by atoms with E-state index in [4.69, 9.17) is 4.74 Å². The van der Waals surface area contributed by atoms with E-state index in [0.717, 1.165) is 18.4 Å². The SMILES string of the molecule is CC(OC(=O)[C@@H]1[C@H]([C]=O)[C@@H](C)CC[C@H]1C)c1ccccc1. The summed E-state index contributed by atoms with van der Waals surface area (Å²) in [6.07, 6.45) is 3.71. The molecule has 1 aliphatic carbocycles. The molecule has 1 fully saturated rings. The van der Waals surface area contributed by atoms with Gasteiger partial charge >= 0.3 is 5.97 Å². The second-order valence-electron chi connectivity index (χ2n) is 6.19. The van der Waals surface area contributed by atoms with Gasteiger partial charge in [-0.05, 0) is 37.2 Å². The first-order chi connectivity index (χ1) is 10.0. The molecule has 1 radical (unpaired) electrons. The summed E-state index contributed by atoms with van der Waals surface area (Å²) in [5.41, 5.74) is 0.967. The van der Waals surface area contributed by atoms with Gasteiger partial charge in [0.25, 0.3) is 0 Å². The summed E-state index contributed by atoms with van der Waals surface area (Å²) in [6.45, 7) is 5.90. The topological polar surface area (TPSA) is 43.4 Å². The Balaban J connectivity index is 2.09. The molecule has 3 nitrogen and oxygen atoms in total. The van der Waals surface area contributed by atoms with Crippen LogP contribution in [0, 0.1) is 23.7 Å². The summed E-state index contributed by atoms with van der Waals surface area (Å²) in [6, 6.07) is 9.66. The molecule has 2 rings (SSSR count). The second kappa shape index (κ2) is 6.88. The van der Waals surface area contributed by atoms with Gasteiger partial charge in [-0.1, -0.05) is 44.2 Å². The smallest absolute Gasteiger partial charge is 0.310 e. The van der Waals surface area contributed by atoms with E-state index in [-0.39, 0.29) is 35.7 Å². The van der Waals surface area contributed by atoms with E-state index in [1.807, 2.05) is 51.1 Å². The van der Waals surface area contributed by atoms with Crippen molar-refractivity contribution in [1.29, 1.82) is 0 Å². The van der Waals surface area contributed by atoms with Crippen LogP contribution in [0.15, 0.2) is 30.3 Å². The summed E-state index contributed by atoms with van der Waals surface area (Å²) in [4.78, 5) is 23.8. The lowest BCUT2D eigenvalue weighted by Crippen LogP contribution is -2.39. The average Bonchev–Trinajstić information content (AvgIpc) is 2.49. The molecule has 113 valence electrons. The van der Waals surface area contributed by atoms with E-state index in [2.05, 4.69) is 6.29 Å². The Labute approximate surface area is 126 Å². The third kappa shape index (κ3) is 3.52. The van der Waals surface area contributed by atoms with E-state index in [1.165, 1.54) is 0 Å². The van der Waals surface area contributed by atoms with Crippen molar-refractivity contribution >= 4 is 12.3 Å². The number of rotatable bonds is 4. The fourth-order valence-electron chi connectivity index (χ4n) is 3.21. The maximum absolute atomic E-state index is 12.5. The van der Waals surface area contributed by atoms with Crippen molar-refractivity contribution in [2.24, 2.45) is 23.7 Å². The van der Waals surface area contributed by atoms with Crippen molar-refractivity contribution in [2.45, 2.75) is 39.7 Å². The molecule has 0 heterocycles. The highest BCUT2D eigenvalue weighted by atomic mass is 16.5. The van der Waals surface area contributed by atoms with Crippen LogP contribution in [0.5, 0.6) is 0 Å². The predicted octanol–water partition coefficient (Wildman–Crippen LogP) is 3.70. The van der Waals surface area contributed by atoms with Crippen LogP contribution < -0.4 is 0 Å². The number of ether oxygens (including phenoxy) is 1. The van der Waals surface area contributed by atoms with Crippen molar-refractivity contribution in [1.82, 2.24) is 0 Å². The molecule has 0 saturated heterocycles. The Bertz CT molecular complexity index is 482. The van der Waals surface area contributed by atoms with Crippen LogP contribution in [0.25, 0.3) is 0 Å². The van der Waals surface area contributed by atoms with Gasteiger partial charge in [0.2, 0.25) is 6.29 Å². The Morgan fingerprint density at radius 1 is 1.19 bits per heavy atom. The van der Waals surface area contributed by atoms with E-state index >= 15 is 0 Å². The van der Waals surface area contributed by atoms with Gasteiger partial charge in [-0.3, -0.25) is 9.59 Å². The molecule has 1 aromatic carbocycles. The van der Waals surface area contributed by atoms with E-state index in [9.17, 15) is 9.59 Å². The third-order valence-corrected chi connectivity index (χ3v) is 4.66. The lowest BCUT2D eigenvalue weighted by Gasteiger charge is -2.36. The van der Waals surface area contributed by atoms with Gasteiger partial charge in [-0.25, -0.2) is 0 Å². The maximum atomic E-state index is 12.5. The van der Waals surface area contributed by atoms with Crippen molar-refractivity contribution in [3.05, 3.63) is 35.9 Å². The first-order valence-corrected chi connectivity index (χ1v) is 7.67. The zero-order valence-electron chi connectivity index (χ0n) is 12.9. The molecule has 0 amide bonds. The molecule has 0 bridgehead atoms. The fraction of sp³-hybridized carbons (Fsp3) is 0.556. The first kappa shape index (κ1) is 15.7. The molecule has 0 spiro atoms. The van der Waals surface area contributed by atoms with Crippen LogP contribution in [0.1, 0.15) is 45.3 Å². The quantitative estimate of drug-likeness (QED) is 0.793. The number of carbonyl (C=O) groups excluding carboxylic acids is 2. The van der Waals surface area contributed by atoms with Crippen LogP contribution in [0.4, 0.5) is 0 Å². The molecule has 0 aliphatic heterocycles. The Morgan fingerprint density at radius 3 is 2.43 bits per heavy atom. The van der Waals surface area contributed by atoms with Gasteiger partial charge in [-0.2, -0.15) is 0 Å². The molecule has 21 heavy (non-hydrogen) atoms. The summed E-state index contributed by atoms with van der Waals surface area (Å²) in [5.74, 6) is -0.605. The number of benzene rings is 1. The monoisotopic (exact) mass is 287 g/mol. The minimum Gasteiger partial charge on any atom is -0.458 e. The van der Waals surface area contributed by atoms with Crippen LogP contribution in [0.2, 0.25) is 0 Å². The summed E-state index contributed by atoms with van der Waals surface area (Å²) < 4.78 is 5.61. The van der Waals surface area contributed by atoms with Gasteiger partial charge in [0.1, 0.15) is 6.10 Å². The van der Waals surface area contributed by atoms with Gasteiger partial charge < -0.3 is 4.74 Å². The molecular weight excluding hydrogens is 264 g/mol. The lowest BCUT2D eigenvalue weighted by molar-refractivity contribution is -0.159. The highest BCUT2D eigenvalue weighted by Crippen LogP contribution is 2.39. The van der Waals surface area contributed by atoms with Gasteiger partial charge in [0, 0.05) is 5.92 Å². The number of hydrogen-bond acceptors (Lipinski definition) is 3. The average molecular weight is 287 g/mol. The second-order valence-corrected chi connectivity index (χ2v) is 6.19. The van der Waals surface area contributed by atoms with Crippen LogP contribution in [0.3, 0.4) is 0 Å². The summed E-state index contributed by atoms with van der Waals surface area (Å²) in [5, 5.41) is 0. The number of hydrogen-bond donors (Lipinski definition) is 0. The van der Waals surface area contributed by atoms with Crippen LogP contribution in [-0.4, -0.2) is 12.3 Å². The van der Waals surface area contributed by atoms with E-state index in [1.54, 1.807) is 0 Å². The van der Waals surface area contributed by atoms with Gasteiger partial charge in [0.15, 0.2) is 0 Å². The molecule has 1 saturated carbocycles. The molecular formula is C18H23O3. The highest BCUT2D eigenvalue weighted by Gasteiger charge is 2.41. The standard InChI is InChI=1S/C18H23O3/c1-12-9-10-13(2)17(16(12)11-19)18(20)21-14(3)15-7-5-4-6-8-15/h4-8,12-14,16-17H,9-10H2,1-3H3/t12-,13+,14?,16+,17-/m0/s1. The Hall–Kier alpha value is -1.64. The predicted molar refractivity (Wildman–Crippen MR) is 81.2 cm³/mol. The molecule has 1 aliphatic rings. The Morgan fingerprint density at radius 2 is 1.81 bits per heavy atom. The van der Waals surface area contributed by atoms with Crippen molar-refractivity contribution in [3.8, 4) is 0 Å². The minimum atomic E-state index is -0.364. The zero-order valence-corrected chi connectivity index (χ0v) is 12.9. The van der Waals surface area contributed by atoms with Crippen molar-refractivity contribution in [2.75, 3.05) is 0 Å². The molecule has 1 aromatic rings.